The first-order valence-corrected chi connectivity index (χ1v) is 28.9. The number of aromatic carboxylic acids is 1. The number of fused-ring (bicyclic) bond motifs is 2. The first kappa shape index (κ1) is 59.2. The Hall–Kier alpha value is -9.91. The molecule has 430 valence electrons. The number of benzene rings is 7. The molecule has 0 radical (unpaired) electrons. The fourth-order valence-corrected chi connectivity index (χ4v) is 10.9. The van der Waals surface area contributed by atoms with Crippen LogP contribution in [-0.4, -0.2) is 113 Å². The summed E-state index contributed by atoms with van der Waals surface area (Å²) >= 11 is 0. The molecule has 35 nitrogen and oxygen atoms in total. The van der Waals surface area contributed by atoms with Crippen molar-refractivity contribution >= 4 is 135 Å². The summed E-state index contributed by atoms with van der Waals surface area (Å²) in [5, 5.41) is 85.4. The molecule has 0 saturated carbocycles. The van der Waals surface area contributed by atoms with Crippen LogP contribution in [0, 0.1) is 10.1 Å². The Morgan fingerprint density at radius 2 is 1.12 bits per heavy atom. The number of nitro groups is 1. The number of methoxy groups -OCH3 is 1. The van der Waals surface area contributed by atoms with Crippen LogP contribution in [0.15, 0.2) is 162 Å². The number of nitrogen functional groups attached to an aromatic ring is 1. The summed E-state index contributed by atoms with van der Waals surface area (Å²) in [7, 11) is -25.4. The lowest BCUT2D eigenvalue weighted by Crippen LogP contribution is -2.03. The highest BCUT2D eigenvalue weighted by Gasteiger charge is 2.30. The zero-order valence-electron chi connectivity index (χ0n) is 40.5. The average Bonchev–Trinajstić information content (AvgIpc) is 3.57. The van der Waals surface area contributed by atoms with Gasteiger partial charge in [-0.2, -0.15) is 57.0 Å². The predicted molar refractivity (Wildman–Crippen MR) is 280 cm³/mol. The molecule has 0 unspecified atom stereocenters. The van der Waals surface area contributed by atoms with Crippen LogP contribution in [0.5, 0.6) is 23.1 Å². The zero-order valence-corrected chi connectivity index (χ0v) is 44.6. The third kappa shape index (κ3) is 12.0. The lowest BCUT2D eigenvalue weighted by molar-refractivity contribution is -0.384. The van der Waals surface area contributed by atoms with Crippen LogP contribution in [0.3, 0.4) is 0 Å². The van der Waals surface area contributed by atoms with E-state index in [9.17, 15) is 100 Å². The standard InChI is InChI=1S/C43H30N12O23S5/c1-78-30-15-20(55(61)62)5-11-25(30)46-48-27-12-9-23-31(80(66,67)68)17-29(35(44)34(23)40(27)57)50-49-28-13-8-22-24(41(28)83(75,76)77)16-33(82(72,73)74)36(39(22)56)51-45-18-2-10-26(32(14-18)81(69,70)71)47-52-37-38(43(59)60)53-54(42(37)58)19-3-6-21(7-4-19)79(63,64)65/h2-17,56-58H,44H2,1H3,(H,59,60)(H,63,64,65)(H,66,67,68)(H,69,70,71)(H,72,73,74)(H,75,76,77). The van der Waals surface area contributed by atoms with Crippen LogP contribution in [-0.2, 0) is 50.6 Å². The molecule has 1 heterocycles. The van der Waals surface area contributed by atoms with Crippen LogP contribution in [0.1, 0.15) is 10.5 Å². The molecule has 0 fully saturated rings. The number of hydrogen-bond acceptors (Lipinski definition) is 27. The molecule has 0 atom stereocenters. The number of carboxylic acid groups (broad SMARTS) is 1. The van der Waals surface area contributed by atoms with Gasteiger partial charge in [-0.25, -0.2) is 4.79 Å². The van der Waals surface area contributed by atoms with E-state index in [4.69, 9.17) is 10.5 Å². The van der Waals surface area contributed by atoms with E-state index < -0.39 is 176 Å². The van der Waals surface area contributed by atoms with E-state index >= 15 is 0 Å². The number of carbonyl (C=O) groups is 1. The third-order valence-corrected chi connectivity index (χ3v) is 15.7. The minimum absolute atomic E-state index is 0.0824. The van der Waals surface area contributed by atoms with Gasteiger partial charge < -0.3 is 30.9 Å². The number of anilines is 1. The summed E-state index contributed by atoms with van der Waals surface area (Å²) in [6, 6.07) is 13.8. The number of rotatable bonds is 17. The maximum atomic E-state index is 13.1. The molecule has 8 rings (SSSR count). The van der Waals surface area contributed by atoms with Gasteiger partial charge >= 0.3 is 5.97 Å². The molecule has 0 aliphatic rings. The van der Waals surface area contributed by atoms with E-state index in [0.29, 0.717) is 22.9 Å². The van der Waals surface area contributed by atoms with Crippen molar-refractivity contribution in [2.45, 2.75) is 24.5 Å². The molecule has 7 aromatic carbocycles. The third-order valence-electron chi connectivity index (χ3n) is 11.3. The molecule has 8 aromatic rings. The van der Waals surface area contributed by atoms with Crippen molar-refractivity contribution in [2.75, 3.05) is 12.8 Å². The molecule has 11 N–H and O–H groups in total. The number of nitrogens with zero attached hydrogens (tertiary/aromatic N) is 11. The number of nitrogens with two attached hydrogens (primary N) is 1. The number of aromatic hydroxyl groups is 3. The summed E-state index contributed by atoms with van der Waals surface area (Å²) in [4.78, 5) is 17.1. The van der Waals surface area contributed by atoms with Crippen LogP contribution in [0.4, 0.5) is 56.9 Å². The number of nitro benzene ring substituents is 1. The van der Waals surface area contributed by atoms with Crippen molar-refractivity contribution in [2.24, 2.45) is 40.9 Å². The van der Waals surface area contributed by atoms with Gasteiger partial charge in [0, 0.05) is 22.2 Å². The van der Waals surface area contributed by atoms with Crippen molar-refractivity contribution in [3.8, 4) is 28.8 Å². The quantitative estimate of drug-likeness (QED) is 0.0134. The van der Waals surface area contributed by atoms with E-state index in [1.165, 1.54) is 7.11 Å². The highest BCUT2D eigenvalue weighted by Crippen LogP contribution is 2.49. The van der Waals surface area contributed by atoms with Crippen LogP contribution in [0.25, 0.3) is 27.2 Å². The van der Waals surface area contributed by atoms with E-state index in [2.05, 4.69) is 46.0 Å². The molecule has 40 heteroatoms. The van der Waals surface area contributed by atoms with Gasteiger partial charge in [-0.3, -0.25) is 32.9 Å². The normalized spacial score (nSPS) is 12.9. The molecule has 0 bridgehead atoms. The van der Waals surface area contributed by atoms with Gasteiger partial charge in [0.15, 0.2) is 22.9 Å². The highest BCUT2D eigenvalue weighted by atomic mass is 32.2. The SMILES string of the molecule is COc1cc([N+](=O)[O-])ccc1N=Nc1ccc2c(S(=O)(=O)O)cc(N=Nc3ccc4c(O)c(N=Nc5ccc(N=Nc6c(C(=O)O)nn(-c7ccc(S(=O)(=O)O)cc7)c6O)c(S(=O)(=O)O)c5)c(S(=O)(=O)O)cc4c3S(=O)(=O)O)c(N)c2c1O. The first-order chi connectivity index (χ1) is 38.6. The summed E-state index contributed by atoms with van der Waals surface area (Å²) in [6.07, 6.45) is 0. The Kier molecular flexibility index (Phi) is 15.4. The summed E-state index contributed by atoms with van der Waals surface area (Å²) in [5.74, 6) is -5.19. The minimum atomic E-state index is -5.65. The molecule has 0 aliphatic heterocycles. The number of non-ortho nitro benzene ring substituents is 1. The van der Waals surface area contributed by atoms with E-state index in [-0.39, 0.29) is 22.8 Å². The fraction of sp³-hybridized carbons (Fsp3) is 0.0233. The van der Waals surface area contributed by atoms with E-state index in [0.717, 1.165) is 78.9 Å². The van der Waals surface area contributed by atoms with Gasteiger partial charge in [-0.1, -0.05) is 6.07 Å². The highest BCUT2D eigenvalue weighted by molar-refractivity contribution is 7.87. The molecule has 1 aromatic heterocycles. The van der Waals surface area contributed by atoms with E-state index in [1.807, 2.05) is 0 Å². The summed E-state index contributed by atoms with van der Waals surface area (Å²) < 4.78 is 181. The zero-order chi connectivity index (χ0) is 61.1. The molecule has 0 saturated heterocycles. The van der Waals surface area contributed by atoms with Gasteiger partial charge in [-0.15, -0.1) is 35.8 Å². The van der Waals surface area contributed by atoms with Crippen LogP contribution >= 0.6 is 0 Å². The fourth-order valence-electron chi connectivity index (χ4n) is 7.59. The van der Waals surface area contributed by atoms with Gasteiger partial charge in [0.25, 0.3) is 56.3 Å². The minimum Gasteiger partial charge on any atom is -0.505 e. The monoisotopic (exact) mass is 1240 g/mol. The Bertz CT molecular complexity index is 4860. The maximum Gasteiger partial charge on any atom is 0.358 e. The number of ether oxygens (including phenoxy) is 1. The smallest absolute Gasteiger partial charge is 0.358 e. The molecular formula is C43H30N12O23S5. The van der Waals surface area contributed by atoms with E-state index in [1.54, 1.807) is 0 Å². The van der Waals surface area contributed by atoms with Gasteiger partial charge in [0.1, 0.15) is 53.7 Å². The maximum absolute atomic E-state index is 13.1. The second-order valence-electron chi connectivity index (χ2n) is 16.4. The largest absolute Gasteiger partial charge is 0.505 e. The van der Waals surface area contributed by atoms with Crippen molar-refractivity contribution in [1.29, 1.82) is 0 Å². The molecular weight excluding hydrogens is 1210 g/mol. The molecule has 83 heavy (non-hydrogen) atoms. The van der Waals surface area contributed by atoms with Crippen molar-refractivity contribution < 1.29 is 99.7 Å². The number of hydrogen-bond donors (Lipinski definition) is 10. The van der Waals surface area contributed by atoms with Crippen LogP contribution < -0.4 is 10.5 Å². The Morgan fingerprint density at radius 1 is 0.566 bits per heavy atom. The summed E-state index contributed by atoms with van der Waals surface area (Å²) in [6.45, 7) is 0. The number of phenols is 2. The van der Waals surface area contributed by atoms with Gasteiger partial charge in [0.05, 0.1) is 45.4 Å². The van der Waals surface area contributed by atoms with Crippen molar-refractivity contribution in [1.82, 2.24) is 9.78 Å². The topological polar surface area (TPSA) is 565 Å². The van der Waals surface area contributed by atoms with Crippen molar-refractivity contribution in [3.63, 3.8) is 0 Å². The second-order valence-corrected chi connectivity index (χ2v) is 23.4. The number of carboxylic acids is 1. The van der Waals surface area contributed by atoms with Gasteiger partial charge in [-0.05, 0) is 78.9 Å². The predicted octanol–water partition coefficient (Wildman–Crippen LogP) is 8.39. The average molecular weight is 1240 g/mol. The second kappa shape index (κ2) is 21.5. The Morgan fingerprint density at radius 3 is 1.71 bits per heavy atom. The summed E-state index contributed by atoms with van der Waals surface area (Å²) in [5.41, 5.74) is -1.50. The molecule has 0 amide bonds. The molecule has 0 spiro atoms. The lowest BCUT2D eigenvalue weighted by atomic mass is 10.1. The molecule has 0 aliphatic carbocycles. The lowest BCUT2D eigenvalue weighted by Gasteiger charge is -2.13. The Labute approximate surface area is 462 Å². The first-order valence-electron chi connectivity index (χ1n) is 21.7. The number of azo groups is 4. The van der Waals surface area contributed by atoms with Crippen molar-refractivity contribution in [3.05, 3.63) is 113 Å². The Balaban J connectivity index is 1.19. The van der Waals surface area contributed by atoms with Crippen LogP contribution in [0.2, 0.25) is 0 Å². The number of phenolic OH excluding ortho intramolecular Hbond substituents is 2. The van der Waals surface area contributed by atoms with Gasteiger partial charge in [0.2, 0.25) is 11.6 Å². The number of aromatic nitrogens is 2.